The first-order valence-electron chi connectivity index (χ1n) is 5.97. The van der Waals surface area contributed by atoms with E-state index in [4.69, 9.17) is 0 Å². The molecule has 0 N–H and O–H groups in total. The Morgan fingerprint density at radius 3 is 1.94 bits per heavy atom. The lowest BCUT2D eigenvalue weighted by molar-refractivity contribution is 1.41. The van der Waals surface area contributed by atoms with E-state index in [0.29, 0.717) is 0 Å². The maximum Gasteiger partial charge on any atom is -0.0146 e. The molecule has 17 heavy (non-hydrogen) atoms. The van der Waals surface area contributed by atoms with Crippen LogP contribution in [-0.4, -0.2) is 0 Å². The standard InChI is InChI=1S/C17H18/c1-5-9-15-13(4)17-11-8-7-10-16(17)12(3)14(15)6-2/h5-11H,2H2,1,3-4H3/b9-5-. The van der Waals surface area contributed by atoms with E-state index in [-0.39, 0.29) is 0 Å². The summed E-state index contributed by atoms with van der Waals surface area (Å²) in [5.74, 6) is 0. The molecule has 0 aliphatic heterocycles. The minimum Gasteiger partial charge on any atom is -0.0984 e. The van der Waals surface area contributed by atoms with Crippen molar-refractivity contribution in [2.24, 2.45) is 0 Å². The van der Waals surface area contributed by atoms with Crippen molar-refractivity contribution in [3.05, 3.63) is 59.2 Å². The van der Waals surface area contributed by atoms with Crippen molar-refractivity contribution in [1.82, 2.24) is 0 Å². The summed E-state index contributed by atoms with van der Waals surface area (Å²) in [6.45, 7) is 10.4. The number of aryl methyl sites for hydroxylation is 2. The SMILES string of the molecule is C=Cc1c(/C=C\C)c(C)c2ccccc2c1C. The zero-order valence-corrected chi connectivity index (χ0v) is 10.7. The Balaban J connectivity index is 2.98. The summed E-state index contributed by atoms with van der Waals surface area (Å²) >= 11 is 0. The van der Waals surface area contributed by atoms with E-state index in [1.54, 1.807) is 0 Å². The maximum atomic E-state index is 3.95. The third kappa shape index (κ3) is 1.80. The monoisotopic (exact) mass is 222 g/mol. The minimum absolute atomic E-state index is 1.25. The highest BCUT2D eigenvalue weighted by Crippen LogP contribution is 2.31. The number of fused-ring (bicyclic) bond motifs is 1. The molecule has 2 aromatic rings. The number of hydrogen-bond donors (Lipinski definition) is 0. The van der Waals surface area contributed by atoms with E-state index < -0.39 is 0 Å². The zero-order chi connectivity index (χ0) is 12.4. The van der Waals surface area contributed by atoms with Gasteiger partial charge < -0.3 is 0 Å². The second-order valence-electron chi connectivity index (χ2n) is 4.33. The molecule has 0 saturated heterocycles. The molecule has 0 radical (unpaired) electrons. The first-order chi connectivity index (χ1) is 8.20. The molecular weight excluding hydrogens is 204 g/mol. The van der Waals surface area contributed by atoms with Crippen molar-refractivity contribution in [3.8, 4) is 0 Å². The Labute approximate surface area is 103 Å². The smallest absolute Gasteiger partial charge is 0.0146 e. The van der Waals surface area contributed by atoms with Gasteiger partial charge in [-0.2, -0.15) is 0 Å². The van der Waals surface area contributed by atoms with E-state index >= 15 is 0 Å². The van der Waals surface area contributed by atoms with Gasteiger partial charge >= 0.3 is 0 Å². The molecule has 0 aromatic heterocycles. The van der Waals surface area contributed by atoms with Gasteiger partial charge in [0, 0.05) is 0 Å². The lowest BCUT2D eigenvalue weighted by atomic mass is 9.90. The van der Waals surface area contributed by atoms with Crippen LogP contribution < -0.4 is 0 Å². The van der Waals surface area contributed by atoms with E-state index in [0.717, 1.165) is 0 Å². The molecule has 0 saturated carbocycles. The van der Waals surface area contributed by atoms with Gasteiger partial charge in [-0.15, -0.1) is 0 Å². The molecule has 0 unspecified atom stereocenters. The quantitative estimate of drug-likeness (QED) is 0.660. The minimum atomic E-state index is 1.25. The molecule has 86 valence electrons. The lowest BCUT2D eigenvalue weighted by Crippen LogP contribution is -1.93. The van der Waals surface area contributed by atoms with Crippen molar-refractivity contribution in [1.29, 1.82) is 0 Å². The van der Waals surface area contributed by atoms with Crippen molar-refractivity contribution in [2.45, 2.75) is 20.8 Å². The van der Waals surface area contributed by atoms with E-state index in [1.165, 1.54) is 33.0 Å². The molecule has 2 aromatic carbocycles. The van der Waals surface area contributed by atoms with E-state index in [9.17, 15) is 0 Å². The first kappa shape index (κ1) is 11.7. The van der Waals surface area contributed by atoms with Gasteiger partial charge in [-0.1, -0.05) is 49.1 Å². The highest BCUT2D eigenvalue weighted by atomic mass is 14.1. The molecule has 0 aliphatic carbocycles. The van der Waals surface area contributed by atoms with E-state index in [2.05, 4.69) is 63.8 Å². The van der Waals surface area contributed by atoms with Crippen LogP contribution in [0.25, 0.3) is 22.9 Å². The zero-order valence-electron chi connectivity index (χ0n) is 10.7. The highest BCUT2D eigenvalue weighted by molar-refractivity contribution is 5.95. The van der Waals surface area contributed by atoms with Crippen LogP contribution in [0.1, 0.15) is 29.2 Å². The fraction of sp³-hybridized carbons (Fsp3) is 0.176. The van der Waals surface area contributed by atoms with Crippen LogP contribution in [0.4, 0.5) is 0 Å². The molecule has 2 rings (SSSR count). The lowest BCUT2D eigenvalue weighted by Gasteiger charge is -2.14. The average Bonchev–Trinajstić information content (AvgIpc) is 2.36. The Kier molecular flexibility index (Phi) is 3.14. The average molecular weight is 222 g/mol. The van der Waals surface area contributed by atoms with Gasteiger partial charge in [0.25, 0.3) is 0 Å². The van der Waals surface area contributed by atoms with Gasteiger partial charge in [0.05, 0.1) is 0 Å². The number of benzene rings is 2. The maximum absolute atomic E-state index is 3.95. The summed E-state index contributed by atoms with van der Waals surface area (Å²) in [5, 5.41) is 2.66. The summed E-state index contributed by atoms with van der Waals surface area (Å²) < 4.78 is 0. The third-order valence-corrected chi connectivity index (χ3v) is 3.37. The molecule has 0 heterocycles. The second-order valence-corrected chi connectivity index (χ2v) is 4.33. The molecule has 0 atom stereocenters. The first-order valence-corrected chi connectivity index (χ1v) is 5.97. The summed E-state index contributed by atoms with van der Waals surface area (Å²) in [7, 11) is 0. The number of rotatable bonds is 2. The Morgan fingerprint density at radius 2 is 1.47 bits per heavy atom. The normalized spacial score (nSPS) is 11.2. The fourth-order valence-corrected chi connectivity index (χ4v) is 2.48. The Bertz CT molecular complexity index is 601. The van der Waals surface area contributed by atoms with Gasteiger partial charge in [0.15, 0.2) is 0 Å². The third-order valence-electron chi connectivity index (χ3n) is 3.37. The van der Waals surface area contributed by atoms with Gasteiger partial charge in [0.2, 0.25) is 0 Å². The van der Waals surface area contributed by atoms with Crippen molar-refractivity contribution in [2.75, 3.05) is 0 Å². The van der Waals surface area contributed by atoms with Crippen LogP contribution in [0.2, 0.25) is 0 Å². The highest BCUT2D eigenvalue weighted by Gasteiger charge is 2.09. The summed E-state index contributed by atoms with van der Waals surface area (Å²) in [5.41, 5.74) is 5.19. The van der Waals surface area contributed by atoms with Crippen LogP contribution in [0.3, 0.4) is 0 Å². The predicted molar refractivity (Wildman–Crippen MR) is 78.2 cm³/mol. The molecule has 0 spiro atoms. The second kappa shape index (κ2) is 4.58. The van der Waals surface area contributed by atoms with Gasteiger partial charge in [-0.25, -0.2) is 0 Å². The summed E-state index contributed by atoms with van der Waals surface area (Å²) in [6.07, 6.45) is 6.22. The Hall–Kier alpha value is -1.82. The molecule has 0 amide bonds. The van der Waals surface area contributed by atoms with Crippen LogP contribution in [0.15, 0.2) is 36.9 Å². The fourth-order valence-electron chi connectivity index (χ4n) is 2.48. The number of hydrogen-bond acceptors (Lipinski definition) is 0. The van der Waals surface area contributed by atoms with Crippen LogP contribution >= 0.6 is 0 Å². The van der Waals surface area contributed by atoms with Crippen LogP contribution in [0, 0.1) is 13.8 Å². The number of allylic oxidation sites excluding steroid dienone is 1. The van der Waals surface area contributed by atoms with E-state index in [1.807, 2.05) is 6.08 Å². The van der Waals surface area contributed by atoms with Gasteiger partial charge in [-0.3, -0.25) is 0 Å². The molecule has 0 nitrogen and oxygen atoms in total. The summed E-state index contributed by atoms with van der Waals surface area (Å²) in [4.78, 5) is 0. The predicted octanol–water partition coefficient (Wildman–Crippen LogP) is 5.13. The molecular formula is C17H18. The molecule has 0 fully saturated rings. The van der Waals surface area contributed by atoms with Gasteiger partial charge in [-0.05, 0) is 53.8 Å². The van der Waals surface area contributed by atoms with Crippen LogP contribution in [0.5, 0.6) is 0 Å². The topological polar surface area (TPSA) is 0 Å². The van der Waals surface area contributed by atoms with Crippen LogP contribution in [-0.2, 0) is 0 Å². The molecule has 0 bridgehead atoms. The van der Waals surface area contributed by atoms with Crippen molar-refractivity contribution >= 4 is 22.9 Å². The summed E-state index contributed by atoms with van der Waals surface area (Å²) in [6, 6.07) is 8.57. The van der Waals surface area contributed by atoms with Gasteiger partial charge in [0.1, 0.15) is 0 Å². The van der Waals surface area contributed by atoms with Crippen molar-refractivity contribution in [3.63, 3.8) is 0 Å². The Morgan fingerprint density at radius 1 is 0.941 bits per heavy atom. The molecule has 0 heteroatoms. The molecule has 0 aliphatic rings. The van der Waals surface area contributed by atoms with Crippen molar-refractivity contribution < 1.29 is 0 Å². The largest absolute Gasteiger partial charge is 0.0984 e.